The van der Waals surface area contributed by atoms with Crippen molar-refractivity contribution in [2.45, 2.75) is 130 Å². The molecule has 2 atom stereocenters. The predicted molar refractivity (Wildman–Crippen MR) is 511 cm³/mol. The Morgan fingerprint density at radius 3 is 1.19 bits per heavy atom. The van der Waals surface area contributed by atoms with Crippen molar-refractivity contribution in [3.8, 4) is 56.5 Å². The molecule has 6 aliphatic rings. The third-order valence-electron chi connectivity index (χ3n) is 29.0. The summed E-state index contributed by atoms with van der Waals surface area (Å²) in [7, 11) is 2.98. The van der Waals surface area contributed by atoms with Gasteiger partial charge in [0.05, 0.1) is 59.3 Å². The van der Waals surface area contributed by atoms with Crippen LogP contribution in [0.4, 0.5) is 38.5 Å². The maximum absolute atomic E-state index is 15.3. The van der Waals surface area contributed by atoms with Gasteiger partial charge >= 0.3 is 12.1 Å². The Labute approximate surface area is 794 Å². The van der Waals surface area contributed by atoms with E-state index in [2.05, 4.69) is 74.6 Å². The number of carbonyl (C=O) groups excluding carboxylic acids is 8. The van der Waals surface area contributed by atoms with Gasteiger partial charge in [-0.25, -0.2) is 47.1 Å². The van der Waals surface area contributed by atoms with Crippen LogP contribution in [0.25, 0.3) is 67.1 Å². The minimum atomic E-state index is -1.28. The average Bonchev–Trinajstić information content (AvgIpc) is 0.946. The van der Waals surface area contributed by atoms with Gasteiger partial charge in [0.2, 0.25) is 11.8 Å². The molecule has 10 heterocycles. The van der Waals surface area contributed by atoms with Crippen LogP contribution >= 0.6 is 0 Å². The van der Waals surface area contributed by atoms with Crippen LogP contribution in [0.5, 0.6) is 11.5 Å². The van der Waals surface area contributed by atoms with Crippen LogP contribution < -0.4 is 29.9 Å². The fourth-order valence-corrected chi connectivity index (χ4v) is 20.6. The van der Waals surface area contributed by atoms with Crippen molar-refractivity contribution in [3.63, 3.8) is 0 Å². The molecule has 138 heavy (non-hydrogen) atoms. The van der Waals surface area contributed by atoms with Gasteiger partial charge in [0, 0.05) is 148 Å². The highest BCUT2D eigenvalue weighted by Crippen LogP contribution is 2.49. The fraction of sp³-hybridized carbons (Fsp3) is 0.358. The molecule has 716 valence electrons. The Morgan fingerprint density at radius 1 is 0.464 bits per heavy atom. The number of hydrogen-bond donors (Lipinski definition) is 8. The number of anilines is 2. The number of aromatic nitrogens is 6. The number of rotatable bonds is 24. The number of likely N-dealkylation sites (tertiary alicyclic amines) is 4. The van der Waals surface area contributed by atoms with E-state index >= 15 is 17.6 Å². The molecule has 6 fully saturated rings. The van der Waals surface area contributed by atoms with E-state index in [0.717, 1.165) is 124 Å². The van der Waals surface area contributed by atoms with Gasteiger partial charge < -0.3 is 49.7 Å². The molecule has 0 aliphatic carbocycles. The molecular weight excluding hydrogens is 1770 g/mol. The van der Waals surface area contributed by atoms with Gasteiger partial charge in [0.25, 0.3) is 11.8 Å². The van der Waals surface area contributed by atoms with Crippen LogP contribution in [0.1, 0.15) is 165 Å². The highest BCUT2D eigenvalue weighted by Gasteiger charge is 2.48. The van der Waals surface area contributed by atoms with Gasteiger partial charge in [-0.1, -0.05) is 60.7 Å². The number of aliphatic hydroxyl groups excluding tert-OH is 2. The number of piperidine rings is 4. The van der Waals surface area contributed by atoms with E-state index in [-0.39, 0.29) is 109 Å². The first-order valence-electron chi connectivity index (χ1n) is 46.5. The first-order valence-corrected chi connectivity index (χ1v) is 46.5. The highest BCUT2D eigenvalue weighted by molar-refractivity contribution is 6.09. The number of halogens is 4. The maximum Gasteiger partial charge on any atom is 0.328 e. The lowest BCUT2D eigenvalue weighted by Gasteiger charge is -2.51. The lowest BCUT2D eigenvalue weighted by atomic mass is 9.64. The number of imide groups is 2. The van der Waals surface area contributed by atoms with E-state index in [4.69, 9.17) is 9.47 Å². The smallest absolute Gasteiger partial charge is 0.328 e. The number of carbonyl (C=O) groups is 8. The summed E-state index contributed by atoms with van der Waals surface area (Å²) in [6, 6.07) is 42.7. The number of Topliss-reactive ketones (excluding diaryl/α,β-unsaturated/α-hetero) is 2. The van der Waals surface area contributed by atoms with Crippen molar-refractivity contribution < 1.29 is 85.8 Å². The molecular formula is C106H110F4N14O14. The Balaban J connectivity index is 0.000000191. The summed E-state index contributed by atoms with van der Waals surface area (Å²) < 4.78 is 71.7. The van der Waals surface area contributed by atoms with Crippen LogP contribution in [-0.4, -0.2) is 210 Å². The fourth-order valence-electron chi connectivity index (χ4n) is 20.6. The van der Waals surface area contributed by atoms with Crippen molar-refractivity contribution >= 4 is 80.7 Å². The second kappa shape index (κ2) is 39.4. The number of ketones is 2. The maximum atomic E-state index is 15.3. The topological polar surface area (TPSA) is 363 Å². The molecule has 18 rings (SSSR count). The molecule has 0 unspecified atom stereocenters. The van der Waals surface area contributed by atoms with Crippen LogP contribution in [0.15, 0.2) is 170 Å². The summed E-state index contributed by atoms with van der Waals surface area (Å²) in [5.41, 5.74) is 10.2. The summed E-state index contributed by atoms with van der Waals surface area (Å²) in [6.07, 6.45) is 7.74. The zero-order valence-corrected chi connectivity index (χ0v) is 78.1. The molecule has 12 aromatic rings. The normalized spacial score (nSPS) is 17.7. The number of fused-ring (bicyclic) bond motifs is 2. The number of aromatic amines is 2. The van der Waals surface area contributed by atoms with Gasteiger partial charge in [-0.05, 0) is 270 Å². The number of urea groups is 2. The molecule has 8 aromatic carbocycles. The van der Waals surface area contributed by atoms with Gasteiger partial charge in [0.1, 0.15) is 58.7 Å². The molecule has 8 amide bonds. The van der Waals surface area contributed by atoms with E-state index in [1.165, 1.54) is 113 Å². The molecule has 0 saturated carbocycles. The zero-order chi connectivity index (χ0) is 97.6. The lowest BCUT2D eigenvalue weighted by molar-refractivity contribution is -0.121. The Kier molecular flexibility index (Phi) is 27.4. The highest BCUT2D eigenvalue weighted by atomic mass is 19.1. The van der Waals surface area contributed by atoms with E-state index in [1.807, 2.05) is 36.4 Å². The van der Waals surface area contributed by atoms with Crippen LogP contribution in [0.3, 0.4) is 0 Å². The molecule has 2 spiro atoms. The molecule has 6 saturated heterocycles. The number of hydrogen-bond acceptors (Lipinski definition) is 20. The third-order valence-corrected chi connectivity index (χ3v) is 29.0. The number of nitrogens with one attached hydrogen (secondary N) is 4. The third kappa shape index (κ3) is 19.9. The van der Waals surface area contributed by atoms with Crippen molar-refractivity contribution in [1.82, 2.24) is 60.1 Å². The van der Waals surface area contributed by atoms with Crippen molar-refractivity contribution in [2.24, 2.45) is 22.7 Å². The van der Waals surface area contributed by atoms with Crippen LogP contribution in [-0.2, 0) is 46.7 Å². The first kappa shape index (κ1) is 95.9. The molecule has 28 nitrogen and oxygen atoms in total. The van der Waals surface area contributed by atoms with Gasteiger partial charge in [0.15, 0.2) is 11.6 Å². The summed E-state index contributed by atoms with van der Waals surface area (Å²) in [5.74, 6) is -4.07. The largest absolute Gasteiger partial charge is 0.495 e. The summed E-state index contributed by atoms with van der Waals surface area (Å²) in [4.78, 5) is 139. The Bertz CT molecular complexity index is 6350. The summed E-state index contributed by atoms with van der Waals surface area (Å²) >= 11 is 0. The summed E-state index contributed by atoms with van der Waals surface area (Å²) in [5, 5.41) is 47.9. The predicted octanol–water partition coefficient (Wildman–Crippen LogP) is 15.4. The number of H-pyrrole nitrogens is 2. The minimum absolute atomic E-state index is 0.0321. The number of aliphatic hydroxyl groups is 4. The summed E-state index contributed by atoms with van der Waals surface area (Å²) in [6.45, 7) is 16.8. The van der Waals surface area contributed by atoms with Gasteiger partial charge in [-0.15, -0.1) is 0 Å². The van der Waals surface area contributed by atoms with Crippen molar-refractivity contribution in [1.29, 1.82) is 0 Å². The van der Waals surface area contributed by atoms with Crippen molar-refractivity contribution in [2.75, 3.05) is 103 Å². The number of amides is 8. The van der Waals surface area contributed by atoms with E-state index < -0.39 is 58.1 Å². The van der Waals surface area contributed by atoms with Gasteiger partial charge in [-0.2, -0.15) is 0 Å². The SMILES string of the molecule is COc1ccc(C(=O)N2CCC3(CCN(Cc4ccc(-c5cc6c(-c7cc(F)cc(CC(=O)c8ccc(C(C)(C)O)cc8F)c7C)ncnc6[nH]5)cc4)CC3)[C@@H](CO)C2)cc1N1CCC(=O)NC1=O.COc1ccc(C(=O)N2CCC3(CCN(Cc4ccc(-c5cc6c(-c7cc(F)cc(CC(=O)c8ccc(C(C)(C)O)cc8F)c7C)ncnc6[nH]5)cc4)CC3)[C@H](CO)C2)cc1N1CCC(=O)NC1=O. The quantitative estimate of drug-likeness (QED) is 0.0206. The van der Waals surface area contributed by atoms with Crippen molar-refractivity contribution in [3.05, 3.63) is 260 Å². The minimum Gasteiger partial charge on any atom is -0.495 e. The molecule has 0 bridgehead atoms. The Morgan fingerprint density at radius 2 is 0.841 bits per heavy atom. The average molecular weight is 1880 g/mol. The second-order valence-electron chi connectivity index (χ2n) is 38.2. The van der Waals surface area contributed by atoms with E-state index in [1.54, 1.807) is 60.0 Å². The van der Waals surface area contributed by atoms with Gasteiger partial charge in [-0.3, -0.25) is 59.0 Å². The second-order valence-corrected chi connectivity index (χ2v) is 38.2. The first-order chi connectivity index (χ1) is 66.1. The lowest BCUT2D eigenvalue weighted by Crippen LogP contribution is -2.54. The van der Waals surface area contributed by atoms with E-state index in [9.17, 15) is 58.8 Å². The monoisotopic (exact) mass is 1880 g/mol. The molecule has 8 N–H and O–H groups in total. The molecule has 6 aliphatic heterocycles. The molecule has 4 aromatic heterocycles. The zero-order valence-electron chi connectivity index (χ0n) is 78.1. The van der Waals surface area contributed by atoms with E-state index in [0.29, 0.717) is 138 Å². The molecule has 0 radical (unpaired) electrons. The number of benzene rings is 8. The standard InChI is InChI=1S/2C53H55F2N7O7/c2*1-31-35(23-45(64)39-11-10-36(24-42(39)55)52(2,3)68)21-38(54)25-40(31)48-41-26-43(58-49(41)57-30-56-48)33-7-5-32(6-8-33)27-60-18-14-53(15-19-60)16-20-61(28-37(53)29-63)50(66)34-9-12-46(69-4)44(22-34)62-17-13-47(65)59-51(62)67/h2*5-12,21-22,24-26,30,37,63,68H,13-20,23,27-29H2,1-4H3,(H,56,57,58)(H,59,65,67)/t2*37-/m10/s1. The van der Waals surface area contributed by atoms with Crippen LogP contribution in [0.2, 0.25) is 0 Å². The number of nitrogens with zero attached hydrogens (tertiary/aromatic N) is 10. The van der Waals surface area contributed by atoms with Crippen LogP contribution in [0, 0.1) is 59.8 Å². The number of methoxy groups -OCH3 is 2. The Hall–Kier alpha value is -13.8. The molecule has 32 heteroatoms. The number of ether oxygens (including phenoxy) is 2.